The molecule has 0 amide bonds. The van der Waals surface area contributed by atoms with Crippen molar-refractivity contribution in [1.29, 1.82) is 0 Å². The molecule has 0 radical (unpaired) electrons. The van der Waals surface area contributed by atoms with Gasteiger partial charge >= 0.3 is 11.9 Å². The van der Waals surface area contributed by atoms with Gasteiger partial charge in [0, 0.05) is 0 Å². The molecule has 0 saturated carbocycles. The number of hydrogen-bond acceptors (Lipinski definition) is 5. The van der Waals surface area contributed by atoms with Gasteiger partial charge in [0.1, 0.15) is 6.04 Å². The maximum absolute atomic E-state index is 9.87. The first kappa shape index (κ1) is 17.2. The second kappa shape index (κ2) is 11.9. The molecule has 0 bridgehead atoms. The van der Waals surface area contributed by atoms with Gasteiger partial charge in [-0.05, 0) is 33.5 Å². The van der Waals surface area contributed by atoms with E-state index in [0.29, 0.717) is 13.1 Å². The fourth-order valence-corrected chi connectivity index (χ4v) is 0.546. The van der Waals surface area contributed by atoms with E-state index >= 15 is 0 Å². The Morgan fingerprint density at radius 2 is 1.94 bits per heavy atom. The van der Waals surface area contributed by atoms with Gasteiger partial charge < -0.3 is 26.6 Å². The van der Waals surface area contributed by atoms with Crippen molar-refractivity contribution in [2.75, 3.05) is 26.7 Å². The van der Waals surface area contributed by atoms with E-state index in [1.807, 2.05) is 0 Å². The van der Waals surface area contributed by atoms with Crippen LogP contribution in [0.3, 0.4) is 0 Å². The van der Waals surface area contributed by atoms with E-state index in [-0.39, 0.29) is 6.54 Å². The third-order valence-electron chi connectivity index (χ3n) is 1.64. The summed E-state index contributed by atoms with van der Waals surface area (Å²) in [6.07, 6.45) is 0.827. The first-order valence-electron chi connectivity index (χ1n) is 4.98. The maximum Gasteiger partial charge on any atom is 0.320 e. The van der Waals surface area contributed by atoms with Crippen molar-refractivity contribution in [2.45, 2.75) is 19.4 Å². The summed E-state index contributed by atoms with van der Waals surface area (Å²) < 4.78 is 0. The minimum Gasteiger partial charge on any atom is -0.480 e. The van der Waals surface area contributed by atoms with Crippen LogP contribution in [0.5, 0.6) is 0 Å². The summed E-state index contributed by atoms with van der Waals surface area (Å²) in [6.45, 7) is 2.90. The van der Waals surface area contributed by atoms with E-state index in [0.717, 1.165) is 6.42 Å². The number of rotatable bonds is 7. The van der Waals surface area contributed by atoms with Gasteiger partial charge in [-0.25, -0.2) is 0 Å². The number of hydrogen-bond donors (Lipinski definition) is 5. The van der Waals surface area contributed by atoms with E-state index < -0.39 is 18.0 Å². The quantitative estimate of drug-likeness (QED) is 0.347. The van der Waals surface area contributed by atoms with Crippen molar-refractivity contribution in [2.24, 2.45) is 5.73 Å². The molecule has 0 aliphatic heterocycles. The second-order valence-electron chi connectivity index (χ2n) is 3.06. The SMILES string of the molecule is CN[C@@H](C)C(=O)O.NCCCNCC(=O)O. The molecule has 0 spiro atoms. The molecule has 6 N–H and O–H groups in total. The average Bonchev–Trinajstić information content (AvgIpc) is 2.23. The molecule has 0 aliphatic carbocycles. The summed E-state index contributed by atoms with van der Waals surface area (Å²) in [7, 11) is 1.61. The van der Waals surface area contributed by atoms with Gasteiger partial charge in [-0.2, -0.15) is 0 Å². The third kappa shape index (κ3) is 15.3. The lowest BCUT2D eigenvalue weighted by molar-refractivity contribution is -0.139. The van der Waals surface area contributed by atoms with E-state index in [2.05, 4.69) is 10.6 Å². The molecule has 0 aromatic carbocycles. The molecular formula is C9H21N3O4. The van der Waals surface area contributed by atoms with Crippen molar-refractivity contribution >= 4 is 11.9 Å². The second-order valence-corrected chi connectivity index (χ2v) is 3.06. The predicted octanol–water partition coefficient (Wildman–Crippen LogP) is -1.31. The summed E-state index contributed by atoms with van der Waals surface area (Å²) in [5.74, 6) is -1.64. The number of carbonyl (C=O) groups is 2. The molecule has 0 aliphatic rings. The fourth-order valence-electron chi connectivity index (χ4n) is 0.546. The third-order valence-corrected chi connectivity index (χ3v) is 1.64. The lowest BCUT2D eigenvalue weighted by Crippen LogP contribution is -2.29. The lowest BCUT2D eigenvalue weighted by Gasteiger charge is -1.99. The Kier molecular flexibility index (Phi) is 12.8. The lowest BCUT2D eigenvalue weighted by atomic mass is 10.4. The van der Waals surface area contributed by atoms with Crippen molar-refractivity contribution in [3.05, 3.63) is 0 Å². The molecule has 0 rings (SSSR count). The van der Waals surface area contributed by atoms with Gasteiger partial charge in [0.25, 0.3) is 0 Å². The molecule has 0 heterocycles. The highest BCUT2D eigenvalue weighted by molar-refractivity contribution is 5.72. The number of nitrogens with two attached hydrogens (primary N) is 1. The Balaban J connectivity index is 0. The van der Waals surface area contributed by atoms with Crippen LogP contribution in [0.2, 0.25) is 0 Å². The van der Waals surface area contributed by atoms with Crippen LogP contribution in [0.15, 0.2) is 0 Å². The zero-order valence-corrected chi connectivity index (χ0v) is 9.69. The highest BCUT2D eigenvalue weighted by atomic mass is 16.4. The number of aliphatic carboxylic acids is 2. The molecule has 16 heavy (non-hydrogen) atoms. The summed E-state index contributed by atoms with van der Waals surface area (Å²) in [5, 5.41) is 21.5. The van der Waals surface area contributed by atoms with Crippen molar-refractivity contribution in [3.63, 3.8) is 0 Å². The van der Waals surface area contributed by atoms with Gasteiger partial charge in [0.15, 0.2) is 0 Å². The standard InChI is InChI=1S/C5H12N2O2.C4H9NO2/c6-2-1-3-7-4-5(8)9;1-3(5-2)4(6)7/h7H,1-4,6H2,(H,8,9);3,5H,1-2H3,(H,6,7)/t;3-/m.0/s1. The zero-order chi connectivity index (χ0) is 13.0. The van der Waals surface area contributed by atoms with Crippen molar-refractivity contribution in [1.82, 2.24) is 10.6 Å². The minimum absolute atomic E-state index is 0.0278. The highest BCUT2D eigenvalue weighted by Crippen LogP contribution is 1.74. The Morgan fingerprint density at radius 1 is 1.38 bits per heavy atom. The fraction of sp³-hybridized carbons (Fsp3) is 0.778. The minimum atomic E-state index is -0.827. The van der Waals surface area contributed by atoms with Gasteiger partial charge in [0.2, 0.25) is 0 Å². The van der Waals surface area contributed by atoms with Crippen LogP contribution in [0, 0.1) is 0 Å². The molecule has 1 atom stereocenters. The molecule has 0 saturated heterocycles. The van der Waals surface area contributed by atoms with Crippen molar-refractivity contribution in [3.8, 4) is 0 Å². The Hall–Kier alpha value is -1.18. The molecular weight excluding hydrogens is 214 g/mol. The van der Waals surface area contributed by atoms with Crippen molar-refractivity contribution < 1.29 is 19.8 Å². The van der Waals surface area contributed by atoms with Crippen LogP contribution >= 0.6 is 0 Å². The van der Waals surface area contributed by atoms with E-state index in [1.54, 1.807) is 14.0 Å². The summed E-state index contributed by atoms with van der Waals surface area (Å²) in [4.78, 5) is 19.7. The Bertz CT molecular complexity index is 199. The van der Waals surface area contributed by atoms with Crippen LogP contribution in [-0.4, -0.2) is 54.9 Å². The normalized spacial score (nSPS) is 11.2. The molecule has 7 heteroatoms. The van der Waals surface area contributed by atoms with E-state index in [4.69, 9.17) is 15.9 Å². The molecule has 0 unspecified atom stereocenters. The first-order valence-corrected chi connectivity index (χ1v) is 4.98. The number of carboxylic acids is 2. The highest BCUT2D eigenvalue weighted by Gasteiger charge is 2.04. The summed E-state index contributed by atoms with van der Waals surface area (Å²) >= 11 is 0. The maximum atomic E-state index is 9.87. The number of likely N-dealkylation sites (N-methyl/N-ethyl adjacent to an activating group) is 1. The monoisotopic (exact) mass is 235 g/mol. The Morgan fingerprint density at radius 3 is 2.19 bits per heavy atom. The average molecular weight is 235 g/mol. The molecule has 0 aromatic heterocycles. The van der Waals surface area contributed by atoms with E-state index in [9.17, 15) is 9.59 Å². The van der Waals surface area contributed by atoms with Gasteiger partial charge in [0.05, 0.1) is 6.54 Å². The van der Waals surface area contributed by atoms with Gasteiger partial charge in [-0.15, -0.1) is 0 Å². The topological polar surface area (TPSA) is 125 Å². The smallest absolute Gasteiger partial charge is 0.320 e. The van der Waals surface area contributed by atoms with Gasteiger partial charge in [-0.1, -0.05) is 0 Å². The summed E-state index contributed by atoms with van der Waals surface area (Å²) in [6, 6.07) is -0.431. The molecule has 0 aromatic rings. The van der Waals surface area contributed by atoms with Crippen LogP contribution in [-0.2, 0) is 9.59 Å². The predicted molar refractivity (Wildman–Crippen MR) is 60.3 cm³/mol. The molecule has 96 valence electrons. The number of carboxylic acid groups (broad SMARTS) is 2. The summed E-state index contributed by atoms with van der Waals surface area (Å²) in [5.41, 5.74) is 5.16. The van der Waals surface area contributed by atoms with Crippen LogP contribution in [0.1, 0.15) is 13.3 Å². The Labute approximate surface area is 95.0 Å². The van der Waals surface area contributed by atoms with Crippen LogP contribution < -0.4 is 16.4 Å². The largest absolute Gasteiger partial charge is 0.480 e. The van der Waals surface area contributed by atoms with Crippen LogP contribution in [0.25, 0.3) is 0 Å². The molecule has 7 nitrogen and oxygen atoms in total. The van der Waals surface area contributed by atoms with Crippen LogP contribution in [0.4, 0.5) is 0 Å². The first-order chi connectivity index (χ1) is 7.45. The molecule has 0 fully saturated rings. The zero-order valence-electron chi connectivity index (χ0n) is 9.69. The number of nitrogens with one attached hydrogen (secondary N) is 2. The van der Waals surface area contributed by atoms with E-state index in [1.165, 1.54) is 0 Å². The van der Waals surface area contributed by atoms with Gasteiger partial charge in [-0.3, -0.25) is 9.59 Å².